The van der Waals surface area contributed by atoms with Crippen LogP contribution in [0.4, 0.5) is 5.69 Å². The highest BCUT2D eigenvalue weighted by Gasteiger charge is 2.17. The van der Waals surface area contributed by atoms with E-state index in [-0.39, 0.29) is 22.6 Å². The summed E-state index contributed by atoms with van der Waals surface area (Å²) >= 11 is 0. The number of rotatable bonds is 6. The molecule has 1 N–H and O–H groups in total. The lowest BCUT2D eigenvalue weighted by atomic mass is 10.1. The highest BCUT2D eigenvalue weighted by Crippen LogP contribution is 2.20. The molecule has 0 unspecified atom stereocenters. The number of hydrogen-bond acceptors (Lipinski definition) is 8. The summed E-state index contributed by atoms with van der Waals surface area (Å²) in [6, 6.07) is 12.5. The number of amides is 1. The summed E-state index contributed by atoms with van der Waals surface area (Å²) in [5.41, 5.74) is 0.719. The van der Waals surface area contributed by atoms with Crippen LogP contribution >= 0.6 is 0 Å². The first-order valence-electron chi connectivity index (χ1n) is 8.68. The molecule has 1 amide bonds. The van der Waals surface area contributed by atoms with Crippen molar-refractivity contribution in [2.75, 3.05) is 26.1 Å². The topological polar surface area (TPSA) is 121 Å². The molecule has 0 saturated carbocycles. The van der Waals surface area contributed by atoms with Crippen LogP contribution in [0.15, 0.2) is 52.9 Å². The van der Waals surface area contributed by atoms with Crippen molar-refractivity contribution in [3.05, 3.63) is 65.4 Å². The highest BCUT2D eigenvalue weighted by atomic mass is 16.5. The van der Waals surface area contributed by atoms with E-state index in [0.717, 1.165) is 5.39 Å². The SMILES string of the molecule is COC(=O)c1cc(NC(=O)COC(=O)c2cc3ccccc3o2)cc(C(=O)OC)c1. The Balaban J connectivity index is 1.68. The second kappa shape index (κ2) is 8.91. The Morgan fingerprint density at radius 1 is 0.867 bits per heavy atom. The first kappa shape index (κ1) is 20.6. The number of anilines is 1. The van der Waals surface area contributed by atoms with Crippen LogP contribution in [0.3, 0.4) is 0 Å². The number of hydrogen-bond donors (Lipinski definition) is 1. The molecule has 2 aromatic carbocycles. The van der Waals surface area contributed by atoms with Crippen LogP contribution in [-0.4, -0.2) is 44.6 Å². The van der Waals surface area contributed by atoms with Gasteiger partial charge in [0.15, 0.2) is 6.61 Å². The average molecular weight is 411 g/mol. The maximum Gasteiger partial charge on any atom is 0.374 e. The van der Waals surface area contributed by atoms with Crippen LogP contribution in [0.5, 0.6) is 0 Å². The minimum atomic E-state index is -0.806. The van der Waals surface area contributed by atoms with Crippen molar-refractivity contribution in [2.24, 2.45) is 0 Å². The molecule has 0 aliphatic rings. The van der Waals surface area contributed by atoms with Crippen LogP contribution in [0.25, 0.3) is 11.0 Å². The van der Waals surface area contributed by atoms with E-state index in [2.05, 4.69) is 14.8 Å². The number of benzene rings is 2. The Morgan fingerprint density at radius 3 is 2.10 bits per heavy atom. The molecule has 0 aliphatic carbocycles. The third-order valence-corrected chi connectivity index (χ3v) is 4.02. The standard InChI is InChI=1S/C21H17NO8/c1-27-19(24)13-7-14(20(25)28-2)9-15(8-13)22-18(23)11-29-21(26)17-10-12-5-3-4-6-16(12)30-17/h3-10H,11H2,1-2H3,(H,22,23). The molecule has 154 valence electrons. The van der Waals surface area contributed by atoms with Gasteiger partial charge < -0.3 is 23.9 Å². The van der Waals surface area contributed by atoms with Crippen molar-refractivity contribution in [1.29, 1.82) is 0 Å². The lowest BCUT2D eigenvalue weighted by Gasteiger charge is -2.09. The first-order chi connectivity index (χ1) is 14.4. The van der Waals surface area contributed by atoms with E-state index in [4.69, 9.17) is 9.15 Å². The van der Waals surface area contributed by atoms with Crippen molar-refractivity contribution in [2.45, 2.75) is 0 Å². The molecule has 1 aromatic heterocycles. The van der Waals surface area contributed by atoms with Crippen molar-refractivity contribution in [3.8, 4) is 0 Å². The van der Waals surface area contributed by atoms with Gasteiger partial charge in [0.05, 0.1) is 25.3 Å². The number of furan rings is 1. The van der Waals surface area contributed by atoms with Gasteiger partial charge in [-0.3, -0.25) is 4.79 Å². The normalized spacial score (nSPS) is 10.3. The van der Waals surface area contributed by atoms with Crippen molar-refractivity contribution < 1.29 is 37.8 Å². The number of fused-ring (bicyclic) bond motifs is 1. The van der Waals surface area contributed by atoms with E-state index in [9.17, 15) is 19.2 Å². The molecule has 0 radical (unpaired) electrons. The monoisotopic (exact) mass is 411 g/mol. The van der Waals surface area contributed by atoms with Gasteiger partial charge in [0.2, 0.25) is 5.76 Å². The van der Waals surface area contributed by atoms with E-state index in [0.29, 0.717) is 5.58 Å². The van der Waals surface area contributed by atoms with Gasteiger partial charge in [0.1, 0.15) is 5.58 Å². The molecule has 0 spiro atoms. The molecular weight excluding hydrogens is 394 g/mol. The minimum absolute atomic E-state index is 0.0370. The summed E-state index contributed by atoms with van der Waals surface area (Å²) in [6.07, 6.45) is 0. The number of esters is 3. The van der Waals surface area contributed by atoms with Crippen LogP contribution in [0.2, 0.25) is 0 Å². The molecule has 30 heavy (non-hydrogen) atoms. The zero-order chi connectivity index (χ0) is 21.7. The average Bonchev–Trinajstić information content (AvgIpc) is 3.20. The van der Waals surface area contributed by atoms with Gasteiger partial charge in [-0.05, 0) is 30.3 Å². The fourth-order valence-corrected chi connectivity index (χ4v) is 2.65. The molecule has 0 atom stereocenters. The van der Waals surface area contributed by atoms with Gasteiger partial charge >= 0.3 is 17.9 Å². The number of methoxy groups -OCH3 is 2. The molecule has 9 heteroatoms. The molecule has 0 bridgehead atoms. The van der Waals surface area contributed by atoms with E-state index in [1.54, 1.807) is 24.3 Å². The molecule has 3 rings (SSSR count). The quantitative estimate of drug-likeness (QED) is 0.485. The summed E-state index contributed by atoms with van der Waals surface area (Å²) in [5, 5.41) is 3.18. The molecule has 0 aliphatic heterocycles. The van der Waals surface area contributed by atoms with E-state index in [1.807, 2.05) is 0 Å². The Kier molecular flexibility index (Phi) is 6.11. The Morgan fingerprint density at radius 2 is 1.50 bits per heavy atom. The van der Waals surface area contributed by atoms with Crippen LogP contribution in [0.1, 0.15) is 31.3 Å². The lowest BCUT2D eigenvalue weighted by molar-refractivity contribution is -0.119. The minimum Gasteiger partial charge on any atom is -0.465 e. The van der Waals surface area contributed by atoms with E-state index in [1.165, 1.54) is 38.5 Å². The molecule has 0 saturated heterocycles. The van der Waals surface area contributed by atoms with Crippen molar-refractivity contribution >= 4 is 40.5 Å². The first-order valence-corrected chi connectivity index (χ1v) is 8.68. The van der Waals surface area contributed by atoms with Crippen LogP contribution in [-0.2, 0) is 19.0 Å². The third-order valence-electron chi connectivity index (χ3n) is 4.02. The second-order valence-corrected chi connectivity index (χ2v) is 6.05. The number of carbonyl (C=O) groups is 4. The predicted molar refractivity (Wildman–Crippen MR) is 104 cm³/mol. The zero-order valence-electron chi connectivity index (χ0n) is 16.1. The number of para-hydroxylation sites is 1. The molecule has 0 fully saturated rings. The van der Waals surface area contributed by atoms with Gasteiger partial charge in [-0.1, -0.05) is 18.2 Å². The smallest absolute Gasteiger partial charge is 0.374 e. The Bertz CT molecular complexity index is 1060. The maximum atomic E-state index is 12.2. The summed E-state index contributed by atoms with van der Waals surface area (Å²) in [4.78, 5) is 47.9. The summed E-state index contributed by atoms with van der Waals surface area (Å²) < 4.78 is 19.6. The Labute approximate surface area is 170 Å². The summed E-state index contributed by atoms with van der Waals surface area (Å²) in [5.74, 6) is -2.93. The number of carbonyl (C=O) groups excluding carboxylic acids is 4. The van der Waals surface area contributed by atoms with E-state index < -0.39 is 30.4 Å². The zero-order valence-corrected chi connectivity index (χ0v) is 16.1. The number of nitrogens with one attached hydrogen (secondary N) is 1. The third kappa shape index (κ3) is 4.64. The van der Waals surface area contributed by atoms with E-state index >= 15 is 0 Å². The molecule has 1 heterocycles. The van der Waals surface area contributed by atoms with Gasteiger partial charge in [0.25, 0.3) is 5.91 Å². The molecule has 3 aromatic rings. The van der Waals surface area contributed by atoms with Gasteiger partial charge in [-0.25, -0.2) is 14.4 Å². The second-order valence-electron chi connectivity index (χ2n) is 6.05. The van der Waals surface area contributed by atoms with Gasteiger partial charge in [-0.15, -0.1) is 0 Å². The maximum absolute atomic E-state index is 12.2. The molecular formula is C21H17NO8. The predicted octanol–water partition coefficient (Wildman–Crippen LogP) is 2.80. The van der Waals surface area contributed by atoms with Crippen molar-refractivity contribution in [1.82, 2.24) is 0 Å². The fourth-order valence-electron chi connectivity index (χ4n) is 2.65. The Hall–Kier alpha value is -4.14. The largest absolute Gasteiger partial charge is 0.465 e. The van der Waals surface area contributed by atoms with Gasteiger partial charge in [-0.2, -0.15) is 0 Å². The van der Waals surface area contributed by atoms with Crippen molar-refractivity contribution in [3.63, 3.8) is 0 Å². The fraction of sp³-hybridized carbons (Fsp3) is 0.143. The number of ether oxygens (including phenoxy) is 3. The van der Waals surface area contributed by atoms with Crippen LogP contribution in [0, 0.1) is 0 Å². The lowest BCUT2D eigenvalue weighted by Crippen LogP contribution is -2.21. The summed E-state index contributed by atoms with van der Waals surface area (Å²) in [7, 11) is 2.37. The van der Waals surface area contributed by atoms with Crippen LogP contribution < -0.4 is 5.32 Å². The highest BCUT2D eigenvalue weighted by molar-refractivity contribution is 6.00. The summed E-state index contributed by atoms with van der Waals surface area (Å²) in [6.45, 7) is -0.605. The van der Waals surface area contributed by atoms with Gasteiger partial charge in [0, 0.05) is 11.1 Å². The molecule has 9 nitrogen and oxygen atoms in total.